The minimum Gasteiger partial charge on any atom is -0.477 e. The van der Waals surface area contributed by atoms with E-state index in [1.165, 1.54) is 0 Å². The molecule has 0 atom stereocenters. The first-order chi connectivity index (χ1) is 6.45. The van der Waals surface area contributed by atoms with E-state index in [0.29, 0.717) is 0 Å². The average Bonchev–Trinajstić information content (AvgIpc) is 2.08. The third-order valence-corrected chi connectivity index (χ3v) is 1.85. The Morgan fingerprint density at radius 2 is 2.14 bits per heavy atom. The summed E-state index contributed by atoms with van der Waals surface area (Å²) in [5.74, 6) is -2.64. The highest BCUT2D eigenvalue weighted by Gasteiger charge is 2.25. The monoisotopic (exact) mass is 219 g/mol. The van der Waals surface area contributed by atoms with Gasteiger partial charge < -0.3 is 5.11 Å². The van der Waals surface area contributed by atoms with Crippen LogP contribution in [0.15, 0.2) is 12.1 Å². The number of aromatic carboxylic acids is 1. The second kappa shape index (κ2) is 3.59. The van der Waals surface area contributed by atoms with Crippen molar-refractivity contribution in [1.29, 1.82) is 0 Å². The maximum atomic E-state index is 12.8. The van der Waals surface area contributed by atoms with Gasteiger partial charge in [-0.05, 0) is 6.07 Å². The third-order valence-electron chi connectivity index (χ3n) is 1.48. The second-order valence-corrected chi connectivity index (χ2v) is 2.70. The molecule has 74 valence electrons. The van der Waals surface area contributed by atoms with Crippen molar-refractivity contribution >= 4 is 23.3 Å². The van der Waals surface area contributed by atoms with Crippen LogP contribution in [0.4, 0.5) is 10.1 Å². The summed E-state index contributed by atoms with van der Waals surface area (Å²) >= 11 is 5.28. The van der Waals surface area contributed by atoms with Crippen molar-refractivity contribution in [3.63, 3.8) is 0 Å². The molecule has 0 amide bonds. The van der Waals surface area contributed by atoms with Crippen molar-refractivity contribution in [1.82, 2.24) is 0 Å². The molecule has 0 heterocycles. The molecule has 0 spiro atoms. The van der Waals surface area contributed by atoms with Gasteiger partial charge in [0.1, 0.15) is 5.82 Å². The number of carboxylic acid groups (broad SMARTS) is 1. The highest BCUT2D eigenvalue weighted by molar-refractivity contribution is 6.34. The van der Waals surface area contributed by atoms with Gasteiger partial charge in [-0.25, -0.2) is 9.18 Å². The Hall–Kier alpha value is -1.69. The topological polar surface area (TPSA) is 80.4 Å². The van der Waals surface area contributed by atoms with Gasteiger partial charge in [0.15, 0.2) is 5.56 Å². The van der Waals surface area contributed by atoms with Crippen LogP contribution in [0.3, 0.4) is 0 Å². The zero-order chi connectivity index (χ0) is 10.9. The van der Waals surface area contributed by atoms with Crippen LogP contribution in [0.25, 0.3) is 0 Å². The fourth-order valence-electron chi connectivity index (χ4n) is 0.896. The van der Waals surface area contributed by atoms with Gasteiger partial charge in [-0.2, -0.15) is 0 Å². The number of hydrogen-bond acceptors (Lipinski definition) is 3. The van der Waals surface area contributed by atoms with Gasteiger partial charge in [0, 0.05) is 6.07 Å². The number of rotatable bonds is 2. The minimum atomic E-state index is -1.64. The van der Waals surface area contributed by atoms with E-state index in [0.717, 1.165) is 12.1 Å². The Bertz CT molecular complexity index is 420. The van der Waals surface area contributed by atoms with E-state index in [9.17, 15) is 19.3 Å². The van der Waals surface area contributed by atoms with Gasteiger partial charge in [0.25, 0.3) is 5.69 Å². The molecule has 1 N–H and O–H groups in total. The largest absolute Gasteiger partial charge is 0.477 e. The van der Waals surface area contributed by atoms with Crippen LogP contribution in [-0.4, -0.2) is 16.0 Å². The number of nitrogens with zero attached hydrogens (tertiary/aromatic N) is 1. The molecule has 0 fully saturated rings. The molecule has 14 heavy (non-hydrogen) atoms. The lowest BCUT2D eigenvalue weighted by Gasteiger charge is -2.00. The number of carboxylic acids is 1. The normalized spacial score (nSPS) is 9.86. The van der Waals surface area contributed by atoms with Crippen LogP contribution in [-0.2, 0) is 0 Å². The molecule has 1 rings (SSSR count). The summed E-state index contributed by atoms with van der Waals surface area (Å²) in [6.07, 6.45) is 0. The van der Waals surface area contributed by atoms with Gasteiger partial charge in [0.05, 0.1) is 9.95 Å². The summed E-state index contributed by atoms with van der Waals surface area (Å²) in [6.45, 7) is 0. The molecule has 1 aromatic rings. The lowest BCUT2D eigenvalue weighted by molar-refractivity contribution is -0.385. The first-order valence-corrected chi connectivity index (χ1v) is 3.68. The van der Waals surface area contributed by atoms with Crippen molar-refractivity contribution in [2.24, 2.45) is 0 Å². The molecule has 0 aromatic heterocycles. The summed E-state index contributed by atoms with van der Waals surface area (Å²) in [6, 6.07) is 1.50. The van der Waals surface area contributed by atoms with E-state index in [1.54, 1.807) is 0 Å². The standard InChI is InChI=1S/C7H3ClFNO4/c8-6-3(9)1-2-4(10(13)14)5(6)7(11)12/h1-2H,(H,11,12). The Morgan fingerprint density at radius 3 is 2.57 bits per heavy atom. The molecule has 1 aromatic carbocycles. The molecule has 7 heteroatoms. The maximum absolute atomic E-state index is 12.8. The van der Waals surface area contributed by atoms with E-state index in [2.05, 4.69) is 0 Å². The molecular weight excluding hydrogens is 217 g/mol. The van der Waals surface area contributed by atoms with Crippen LogP contribution in [0.5, 0.6) is 0 Å². The Labute approximate surface area is 81.9 Å². The predicted octanol–water partition coefficient (Wildman–Crippen LogP) is 2.09. The third kappa shape index (κ3) is 1.64. The molecule has 0 aliphatic heterocycles. The van der Waals surface area contributed by atoms with Gasteiger partial charge in [-0.1, -0.05) is 11.6 Å². The van der Waals surface area contributed by atoms with Crippen LogP contribution in [0.2, 0.25) is 5.02 Å². The van der Waals surface area contributed by atoms with Crippen molar-refractivity contribution in [3.05, 3.63) is 38.7 Å². The Balaban J connectivity index is 3.53. The van der Waals surface area contributed by atoms with E-state index in [-0.39, 0.29) is 0 Å². The van der Waals surface area contributed by atoms with Gasteiger partial charge in [-0.15, -0.1) is 0 Å². The number of nitro groups is 1. The predicted molar refractivity (Wildman–Crippen MR) is 45.0 cm³/mol. The molecule has 0 aliphatic carbocycles. The highest BCUT2D eigenvalue weighted by atomic mass is 35.5. The van der Waals surface area contributed by atoms with Crippen LogP contribution in [0, 0.1) is 15.9 Å². The molecule has 0 saturated heterocycles. The summed E-state index contributed by atoms with van der Waals surface area (Å²) < 4.78 is 12.8. The van der Waals surface area contributed by atoms with Gasteiger partial charge >= 0.3 is 5.97 Å². The van der Waals surface area contributed by atoms with Crippen molar-refractivity contribution in [3.8, 4) is 0 Å². The van der Waals surface area contributed by atoms with Gasteiger partial charge in [-0.3, -0.25) is 10.1 Å². The minimum absolute atomic E-state index is 0.732. The summed E-state index contributed by atoms with van der Waals surface area (Å²) in [5, 5.41) is 18.2. The number of nitro benzene ring substituents is 1. The SMILES string of the molecule is O=C(O)c1c([N+](=O)[O-])ccc(F)c1Cl. The quantitative estimate of drug-likeness (QED) is 0.610. The lowest BCUT2D eigenvalue weighted by atomic mass is 10.2. The molecule has 0 saturated carbocycles. The zero-order valence-electron chi connectivity index (χ0n) is 6.53. The van der Waals surface area contributed by atoms with Crippen molar-refractivity contribution < 1.29 is 19.2 Å². The molecule has 0 radical (unpaired) electrons. The molecule has 0 unspecified atom stereocenters. The number of carbonyl (C=O) groups is 1. The van der Waals surface area contributed by atoms with Gasteiger partial charge in [0.2, 0.25) is 0 Å². The van der Waals surface area contributed by atoms with E-state index < -0.39 is 33.0 Å². The smallest absolute Gasteiger partial charge is 0.344 e. The maximum Gasteiger partial charge on any atom is 0.344 e. The molecule has 5 nitrogen and oxygen atoms in total. The second-order valence-electron chi connectivity index (χ2n) is 2.32. The first-order valence-electron chi connectivity index (χ1n) is 3.31. The fourth-order valence-corrected chi connectivity index (χ4v) is 1.14. The number of benzene rings is 1. The van der Waals surface area contributed by atoms with E-state index in [4.69, 9.17) is 16.7 Å². The number of halogens is 2. The first kappa shape index (κ1) is 10.4. The summed E-state index contributed by atoms with van der Waals surface area (Å²) in [7, 11) is 0. The van der Waals surface area contributed by atoms with Crippen LogP contribution in [0.1, 0.15) is 10.4 Å². The molecule has 0 bridgehead atoms. The Morgan fingerprint density at radius 1 is 1.57 bits per heavy atom. The van der Waals surface area contributed by atoms with Crippen molar-refractivity contribution in [2.45, 2.75) is 0 Å². The summed E-state index contributed by atoms with van der Waals surface area (Å²) in [5.41, 5.74) is -1.57. The Kier molecular flexibility index (Phi) is 2.66. The highest BCUT2D eigenvalue weighted by Crippen LogP contribution is 2.28. The zero-order valence-corrected chi connectivity index (χ0v) is 7.29. The summed E-state index contributed by atoms with van der Waals surface area (Å²) in [4.78, 5) is 20.0. The molecule has 0 aliphatic rings. The van der Waals surface area contributed by atoms with E-state index >= 15 is 0 Å². The van der Waals surface area contributed by atoms with Crippen LogP contribution < -0.4 is 0 Å². The molecular formula is C7H3ClFNO4. The average molecular weight is 220 g/mol. The van der Waals surface area contributed by atoms with Crippen LogP contribution >= 0.6 is 11.6 Å². The fraction of sp³-hybridized carbons (Fsp3) is 0. The lowest BCUT2D eigenvalue weighted by Crippen LogP contribution is -2.04. The van der Waals surface area contributed by atoms with Crippen molar-refractivity contribution in [2.75, 3.05) is 0 Å². The van der Waals surface area contributed by atoms with E-state index in [1.807, 2.05) is 0 Å². The number of hydrogen-bond donors (Lipinski definition) is 1.